The number of rotatable bonds is 65. The van der Waals surface area contributed by atoms with Gasteiger partial charge in [0.05, 0.1) is 34.4 Å². The molecule has 0 bridgehead atoms. The Hall–Kier alpha value is -2.75. The van der Waals surface area contributed by atoms with Gasteiger partial charge in [0.2, 0.25) is 0 Å². The van der Waals surface area contributed by atoms with Gasteiger partial charge in [-0.15, -0.1) is 0 Å². The molecule has 0 saturated carbocycles. The number of carboxylic acids is 1. The topological polar surface area (TPSA) is 108 Å². The second kappa shape index (κ2) is 63.3. The largest absolute Gasteiger partial charge is 0.477 e. The van der Waals surface area contributed by atoms with E-state index in [4.69, 9.17) is 18.9 Å². The lowest BCUT2D eigenvalue weighted by molar-refractivity contribution is -0.870. The number of carbonyl (C=O) groups excluding carboxylic acids is 2. The van der Waals surface area contributed by atoms with Gasteiger partial charge < -0.3 is 28.5 Å². The van der Waals surface area contributed by atoms with E-state index >= 15 is 0 Å². The number of hydrogen-bond donors (Lipinski definition) is 1. The van der Waals surface area contributed by atoms with Crippen molar-refractivity contribution in [1.29, 1.82) is 0 Å². The van der Waals surface area contributed by atoms with Crippen molar-refractivity contribution < 1.29 is 42.9 Å². The van der Waals surface area contributed by atoms with Crippen molar-refractivity contribution in [3.05, 3.63) is 48.6 Å². The lowest BCUT2D eigenvalue weighted by Gasteiger charge is -2.25. The molecule has 474 valence electrons. The minimum Gasteiger partial charge on any atom is -0.477 e. The average Bonchev–Trinajstić information content (AvgIpc) is 3.44. The molecule has 0 aromatic heterocycles. The van der Waals surface area contributed by atoms with Crippen LogP contribution in [0.25, 0.3) is 0 Å². The number of aliphatic carboxylic acids is 1. The van der Waals surface area contributed by atoms with E-state index in [-0.39, 0.29) is 32.2 Å². The van der Waals surface area contributed by atoms with Gasteiger partial charge in [-0.2, -0.15) is 0 Å². The van der Waals surface area contributed by atoms with Crippen molar-refractivity contribution in [1.82, 2.24) is 0 Å². The molecule has 9 nitrogen and oxygen atoms in total. The van der Waals surface area contributed by atoms with Crippen molar-refractivity contribution in [3.63, 3.8) is 0 Å². The minimum absolute atomic E-state index is 0.183. The summed E-state index contributed by atoms with van der Waals surface area (Å²) in [4.78, 5) is 37.5. The van der Waals surface area contributed by atoms with Crippen LogP contribution in [0.4, 0.5) is 0 Å². The van der Waals surface area contributed by atoms with Crippen molar-refractivity contribution in [3.8, 4) is 0 Å². The minimum atomic E-state index is -1.51. The number of allylic oxidation sites excluding steroid dienone is 8. The number of ether oxygens (including phenoxy) is 4. The standard InChI is InChI=1S/C72H133NO8/c1-6-8-10-12-14-16-18-20-22-24-25-26-27-28-29-30-31-32-33-34-35-36-37-38-39-40-41-42-43-44-45-47-49-51-53-55-57-59-61-63-70(75)81-68(67-80-72(71(76)77)78-65-64-73(3,4)5)66-79-69(74)62-60-58-56-54-52-50-48-46-23-21-19-17-15-13-11-9-7-2/h15,17-18,20-21,23-25,68,72H,6-14,16,19,22,26-67H2,1-5H3/p+1/b17-15-,20-18-,23-21-,25-24-. The predicted molar refractivity (Wildman–Crippen MR) is 346 cm³/mol. The summed E-state index contributed by atoms with van der Waals surface area (Å²) in [5, 5.41) is 9.72. The molecule has 0 rings (SSSR count). The zero-order chi connectivity index (χ0) is 59.1. The molecule has 1 N–H and O–H groups in total. The molecule has 2 unspecified atom stereocenters. The molecule has 0 aromatic rings. The van der Waals surface area contributed by atoms with Crippen LogP contribution in [0.5, 0.6) is 0 Å². The van der Waals surface area contributed by atoms with Gasteiger partial charge in [0, 0.05) is 12.8 Å². The summed E-state index contributed by atoms with van der Waals surface area (Å²) in [5.74, 6) is -2.00. The third kappa shape index (κ3) is 64.7. The fourth-order valence-electron chi connectivity index (χ4n) is 10.2. The Bertz CT molecular complexity index is 1470. The van der Waals surface area contributed by atoms with E-state index in [9.17, 15) is 19.5 Å². The van der Waals surface area contributed by atoms with Crippen LogP contribution in [0, 0.1) is 0 Å². The summed E-state index contributed by atoms with van der Waals surface area (Å²) in [6, 6.07) is 0. The van der Waals surface area contributed by atoms with Crippen LogP contribution in [0.1, 0.15) is 335 Å². The van der Waals surface area contributed by atoms with E-state index < -0.39 is 24.3 Å². The van der Waals surface area contributed by atoms with E-state index in [1.54, 1.807) is 0 Å². The number of carboxylic acid groups (broad SMARTS) is 1. The SMILES string of the molecule is CCCCC/C=C\C/C=C\CCCCCCCCCC(=O)OCC(COC(OCC[N+](C)(C)C)C(=O)O)OC(=O)CCCCCCCCCCCCCCCCCCCCCCCCCCCCC/C=C\C/C=C\CCCCCCC. The molecule has 81 heavy (non-hydrogen) atoms. The highest BCUT2D eigenvalue weighted by atomic mass is 16.7. The fraction of sp³-hybridized carbons (Fsp3) is 0.847. The van der Waals surface area contributed by atoms with Crippen LogP contribution in [-0.4, -0.2) is 87.4 Å². The smallest absolute Gasteiger partial charge is 0.361 e. The lowest BCUT2D eigenvalue weighted by Crippen LogP contribution is -2.40. The van der Waals surface area contributed by atoms with Crippen LogP contribution >= 0.6 is 0 Å². The number of unbranched alkanes of at least 4 members (excludes halogenated alkanes) is 42. The third-order valence-electron chi connectivity index (χ3n) is 15.6. The van der Waals surface area contributed by atoms with Gasteiger partial charge in [-0.25, -0.2) is 4.79 Å². The Balaban J connectivity index is 3.96. The van der Waals surface area contributed by atoms with E-state index in [2.05, 4.69) is 62.5 Å². The molecule has 0 aliphatic heterocycles. The number of nitrogens with zero attached hydrogens (tertiary/aromatic N) is 1. The van der Waals surface area contributed by atoms with E-state index in [0.29, 0.717) is 17.4 Å². The summed E-state index contributed by atoms with van der Waals surface area (Å²) in [6.07, 6.45) is 78.1. The number of hydrogen-bond acceptors (Lipinski definition) is 7. The van der Waals surface area contributed by atoms with E-state index in [0.717, 1.165) is 64.2 Å². The molecule has 2 atom stereocenters. The van der Waals surface area contributed by atoms with Crippen molar-refractivity contribution >= 4 is 17.9 Å². The van der Waals surface area contributed by atoms with Gasteiger partial charge in [0.1, 0.15) is 13.2 Å². The van der Waals surface area contributed by atoms with Crippen molar-refractivity contribution in [2.45, 2.75) is 347 Å². The highest BCUT2D eigenvalue weighted by Gasteiger charge is 2.25. The fourth-order valence-corrected chi connectivity index (χ4v) is 10.2. The summed E-state index contributed by atoms with van der Waals surface area (Å²) < 4.78 is 22.9. The summed E-state index contributed by atoms with van der Waals surface area (Å²) >= 11 is 0. The molecule has 0 aliphatic rings. The van der Waals surface area contributed by atoms with Crippen LogP contribution in [0.2, 0.25) is 0 Å². The van der Waals surface area contributed by atoms with Gasteiger partial charge in [0.15, 0.2) is 6.10 Å². The van der Waals surface area contributed by atoms with Crippen LogP contribution in [0.3, 0.4) is 0 Å². The second-order valence-electron chi connectivity index (χ2n) is 24.8. The molecule has 0 aliphatic carbocycles. The van der Waals surface area contributed by atoms with E-state index in [1.807, 2.05) is 21.1 Å². The van der Waals surface area contributed by atoms with Crippen molar-refractivity contribution in [2.75, 3.05) is 47.5 Å². The Morgan fingerprint density at radius 2 is 0.667 bits per heavy atom. The molecule has 0 heterocycles. The zero-order valence-corrected chi connectivity index (χ0v) is 54.2. The van der Waals surface area contributed by atoms with Crippen molar-refractivity contribution in [2.24, 2.45) is 0 Å². The number of esters is 2. The van der Waals surface area contributed by atoms with Gasteiger partial charge in [0.25, 0.3) is 6.29 Å². The number of likely N-dealkylation sites (N-methyl/N-ethyl adjacent to an activating group) is 1. The zero-order valence-electron chi connectivity index (χ0n) is 54.2. The summed E-state index contributed by atoms with van der Waals surface area (Å²) in [5.41, 5.74) is 0. The van der Waals surface area contributed by atoms with Gasteiger partial charge in [-0.05, 0) is 77.0 Å². The quantitative estimate of drug-likeness (QED) is 0.0211. The molecular weight excluding hydrogens is 1010 g/mol. The normalized spacial score (nSPS) is 13.0. The Labute approximate surface area is 502 Å². The first kappa shape index (κ1) is 78.2. The maximum absolute atomic E-state index is 12.9. The molecule has 0 spiro atoms. The molecule has 0 amide bonds. The van der Waals surface area contributed by atoms with Crippen LogP contribution < -0.4 is 0 Å². The first-order chi connectivity index (χ1) is 39.6. The van der Waals surface area contributed by atoms with Crippen LogP contribution in [-0.2, 0) is 33.3 Å². The van der Waals surface area contributed by atoms with Crippen LogP contribution in [0.15, 0.2) is 48.6 Å². The maximum Gasteiger partial charge on any atom is 0.361 e. The number of quaternary nitrogens is 1. The molecule has 0 saturated heterocycles. The highest BCUT2D eigenvalue weighted by Crippen LogP contribution is 2.18. The Morgan fingerprint density at radius 1 is 0.370 bits per heavy atom. The predicted octanol–water partition coefficient (Wildman–Crippen LogP) is 21.4. The van der Waals surface area contributed by atoms with E-state index in [1.165, 1.54) is 244 Å². The number of carbonyl (C=O) groups is 3. The third-order valence-corrected chi connectivity index (χ3v) is 15.6. The average molecular weight is 1140 g/mol. The highest BCUT2D eigenvalue weighted by molar-refractivity contribution is 5.71. The van der Waals surface area contributed by atoms with Gasteiger partial charge >= 0.3 is 17.9 Å². The molecule has 0 radical (unpaired) electrons. The monoisotopic (exact) mass is 1140 g/mol. The Kier molecular flexibility index (Phi) is 61.1. The molecular formula is C72H134NO8+. The summed E-state index contributed by atoms with van der Waals surface area (Å²) in [7, 11) is 5.98. The van der Waals surface area contributed by atoms with Gasteiger partial charge in [-0.3, -0.25) is 9.59 Å². The first-order valence-corrected chi connectivity index (χ1v) is 34.8. The molecule has 9 heteroatoms. The lowest BCUT2D eigenvalue weighted by atomic mass is 10.0. The van der Waals surface area contributed by atoms with Gasteiger partial charge in [-0.1, -0.05) is 294 Å². The summed E-state index contributed by atoms with van der Waals surface area (Å²) in [6.45, 7) is 4.88. The second-order valence-corrected chi connectivity index (χ2v) is 24.8. The maximum atomic E-state index is 12.9. The Morgan fingerprint density at radius 3 is 1.00 bits per heavy atom. The molecule has 0 fully saturated rings. The first-order valence-electron chi connectivity index (χ1n) is 34.8. The molecule has 0 aromatic carbocycles.